The molecule has 0 heterocycles. The van der Waals surface area contributed by atoms with Gasteiger partial charge in [-0.1, -0.05) is 175 Å². The van der Waals surface area contributed by atoms with Gasteiger partial charge in [-0.05, 0) is 152 Å². The molecule has 0 atom stereocenters. The molecule has 1 nitrogen and oxygen atoms in total. The Morgan fingerprint density at radius 3 is 1.62 bits per heavy atom. The second-order valence-corrected chi connectivity index (χ2v) is 18.3. The molecule has 0 bridgehead atoms. The molecule has 1 heteroatoms. The fourth-order valence-electron chi connectivity index (χ4n) is 9.84. The highest BCUT2D eigenvalue weighted by Crippen LogP contribution is 2.54. The Bertz CT molecular complexity index is 2840. The summed E-state index contributed by atoms with van der Waals surface area (Å²) in [7, 11) is 0. The zero-order chi connectivity index (χ0) is 41.9. The van der Waals surface area contributed by atoms with Gasteiger partial charge in [-0.3, -0.25) is 0 Å². The Balaban J connectivity index is 1.16. The molecule has 2 aliphatic carbocycles. The first-order chi connectivity index (χ1) is 28.8. The van der Waals surface area contributed by atoms with Gasteiger partial charge in [0.2, 0.25) is 0 Å². The second kappa shape index (κ2) is 15.0. The Morgan fingerprint density at radius 1 is 0.500 bits per heavy atom. The van der Waals surface area contributed by atoms with Gasteiger partial charge in [0.25, 0.3) is 0 Å². The number of benzene rings is 7. The van der Waals surface area contributed by atoms with E-state index in [2.05, 4.69) is 230 Å². The van der Waals surface area contributed by atoms with Crippen LogP contribution in [0.1, 0.15) is 94.7 Å². The van der Waals surface area contributed by atoms with E-state index in [1.807, 2.05) is 0 Å². The highest BCUT2D eigenvalue weighted by atomic mass is 15.1. The van der Waals surface area contributed by atoms with Crippen LogP contribution in [0.15, 0.2) is 188 Å². The van der Waals surface area contributed by atoms with Crippen LogP contribution < -0.4 is 4.90 Å². The van der Waals surface area contributed by atoms with Crippen LogP contribution in [0.3, 0.4) is 0 Å². The lowest BCUT2D eigenvalue weighted by atomic mass is 9.79. The zero-order valence-corrected chi connectivity index (χ0v) is 36.4. The summed E-state index contributed by atoms with van der Waals surface area (Å²) in [6.07, 6.45) is 2.45. The Labute approximate surface area is 358 Å². The maximum absolute atomic E-state index is 4.80. The van der Waals surface area contributed by atoms with Crippen molar-refractivity contribution < 1.29 is 0 Å². The Morgan fingerprint density at radius 2 is 1.00 bits per heavy atom. The molecule has 0 spiro atoms. The van der Waals surface area contributed by atoms with Crippen molar-refractivity contribution in [1.29, 1.82) is 0 Å². The minimum absolute atomic E-state index is 0.110. The third-order valence-corrected chi connectivity index (χ3v) is 13.2. The van der Waals surface area contributed by atoms with Crippen LogP contribution in [0.5, 0.6) is 0 Å². The topological polar surface area (TPSA) is 3.24 Å². The van der Waals surface area contributed by atoms with Gasteiger partial charge in [0.05, 0.1) is 0 Å². The molecule has 60 heavy (non-hydrogen) atoms. The van der Waals surface area contributed by atoms with Crippen molar-refractivity contribution in [2.24, 2.45) is 0 Å². The van der Waals surface area contributed by atoms with E-state index in [1.165, 1.54) is 83.5 Å². The van der Waals surface area contributed by atoms with E-state index in [0.29, 0.717) is 5.92 Å². The third-order valence-electron chi connectivity index (χ3n) is 13.2. The number of anilines is 3. The molecule has 7 aromatic rings. The molecule has 9 rings (SSSR count). The van der Waals surface area contributed by atoms with E-state index in [4.69, 9.17) is 6.58 Å². The highest BCUT2D eigenvalue weighted by molar-refractivity contribution is 5.95. The van der Waals surface area contributed by atoms with Crippen LogP contribution in [-0.2, 0) is 10.8 Å². The van der Waals surface area contributed by atoms with E-state index in [-0.39, 0.29) is 10.8 Å². The molecule has 2 aliphatic rings. The molecule has 0 aliphatic heterocycles. The second-order valence-electron chi connectivity index (χ2n) is 18.3. The van der Waals surface area contributed by atoms with Crippen molar-refractivity contribution in [1.82, 2.24) is 0 Å². The largest absolute Gasteiger partial charge is 0.310 e. The molecule has 0 radical (unpaired) electrons. The van der Waals surface area contributed by atoms with Crippen LogP contribution in [-0.4, -0.2) is 0 Å². The van der Waals surface area contributed by atoms with Crippen LogP contribution in [0.25, 0.3) is 44.5 Å². The van der Waals surface area contributed by atoms with E-state index >= 15 is 0 Å². The summed E-state index contributed by atoms with van der Waals surface area (Å²) in [5.74, 6) is 0.379. The standard InChI is InChI=1S/C59H55N/c1-38(2)48-31-26-44(42-20-14-11-15-21-42)34-53(48)52(39(3)4)37-55-40(5)49-32-29-46(35-56(49)59(55,8)9)60(45-27-24-43(25-28-45)41-18-12-10-13-19-41)47-30-33-51-50-22-16-17-23-54(50)58(6,7)57(51)36-47/h10-38H,5H2,1-4,6-9H3/b55-37+. The first-order valence-corrected chi connectivity index (χ1v) is 21.5. The lowest BCUT2D eigenvalue weighted by Gasteiger charge is -2.30. The molecule has 0 amide bonds. The molecule has 0 N–H and O–H groups in total. The quantitative estimate of drug-likeness (QED) is 0.149. The normalized spacial score (nSPS) is 15.2. The van der Waals surface area contributed by atoms with Crippen LogP contribution >= 0.6 is 0 Å². The van der Waals surface area contributed by atoms with Crippen LogP contribution in [0, 0.1) is 0 Å². The minimum atomic E-state index is -0.289. The number of hydrogen-bond donors (Lipinski definition) is 0. The molecule has 0 saturated carbocycles. The number of rotatable bonds is 8. The van der Waals surface area contributed by atoms with Gasteiger partial charge in [0.1, 0.15) is 0 Å². The summed E-state index contributed by atoms with van der Waals surface area (Å²) in [5.41, 5.74) is 23.4. The first kappa shape index (κ1) is 39.0. The number of nitrogens with zero attached hydrogens (tertiary/aromatic N) is 1. The summed E-state index contributed by atoms with van der Waals surface area (Å²) in [6, 6.07) is 60.4. The zero-order valence-electron chi connectivity index (χ0n) is 36.4. The maximum Gasteiger partial charge on any atom is 0.0465 e. The molecule has 0 fully saturated rings. The number of hydrogen-bond acceptors (Lipinski definition) is 1. The van der Waals surface area contributed by atoms with Crippen molar-refractivity contribution in [2.75, 3.05) is 4.90 Å². The molecular weight excluding hydrogens is 723 g/mol. The van der Waals surface area contributed by atoms with Gasteiger partial charge in [-0.15, -0.1) is 0 Å². The van der Waals surface area contributed by atoms with Crippen molar-refractivity contribution in [3.63, 3.8) is 0 Å². The van der Waals surface area contributed by atoms with Gasteiger partial charge in [0, 0.05) is 27.9 Å². The Kier molecular flexibility index (Phi) is 9.75. The van der Waals surface area contributed by atoms with Gasteiger partial charge in [-0.25, -0.2) is 0 Å². The summed E-state index contributed by atoms with van der Waals surface area (Å²) in [4.78, 5) is 2.44. The number of allylic oxidation sites excluding steroid dienone is 5. The molecule has 7 aromatic carbocycles. The van der Waals surface area contributed by atoms with Crippen molar-refractivity contribution in [3.8, 4) is 33.4 Å². The summed E-state index contributed by atoms with van der Waals surface area (Å²) in [6.45, 7) is 23.4. The third kappa shape index (κ3) is 6.58. The van der Waals surface area contributed by atoms with Crippen LogP contribution in [0.2, 0.25) is 0 Å². The maximum atomic E-state index is 4.80. The molecule has 0 saturated heterocycles. The predicted molar refractivity (Wildman–Crippen MR) is 259 cm³/mol. The Hall–Kier alpha value is -6.44. The van der Waals surface area contributed by atoms with E-state index < -0.39 is 0 Å². The monoisotopic (exact) mass is 777 g/mol. The van der Waals surface area contributed by atoms with E-state index in [0.717, 1.165) is 22.6 Å². The summed E-state index contributed by atoms with van der Waals surface area (Å²) < 4.78 is 0. The van der Waals surface area contributed by atoms with Gasteiger partial charge < -0.3 is 4.90 Å². The fourth-order valence-corrected chi connectivity index (χ4v) is 9.84. The summed E-state index contributed by atoms with van der Waals surface area (Å²) >= 11 is 0. The average Bonchev–Trinajstić information content (AvgIpc) is 3.60. The van der Waals surface area contributed by atoms with Crippen molar-refractivity contribution in [2.45, 2.75) is 72.1 Å². The fraction of sp³-hybridized carbons (Fsp3) is 0.186. The van der Waals surface area contributed by atoms with E-state index in [9.17, 15) is 0 Å². The van der Waals surface area contributed by atoms with Crippen LogP contribution in [0.4, 0.5) is 17.1 Å². The number of fused-ring (bicyclic) bond motifs is 4. The highest BCUT2D eigenvalue weighted by Gasteiger charge is 2.39. The van der Waals surface area contributed by atoms with E-state index in [1.54, 1.807) is 0 Å². The molecule has 0 aromatic heterocycles. The molecular formula is C59H55N. The first-order valence-electron chi connectivity index (χ1n) is 21.5. The van der Waals surface area contributed by atoms with Gasteiger partial charge >= 0.3 is 0 Å². The summed E-state index contributed by atoms with van der Waals surface area (Å²) in [5, 5.41) is 0. The predicted octanol–water partition coefficient (Wildman–Crippen LogP) is 16.6. The SMILES string of the molecule is C=C1/C(=C\C(=C(C)C)c2cc(-c3ccccc3)ccc2C(C)C)C(C)(C)c2cc(N(c3ccc(-c4ccccc4)cc3)c3ccc4c(c3)C(C)(C)c3ccccc3-4)ccc21. The lowest BCUT2D eigenvalue weighted by Crippen LogP contribution is -2.18. The lowest BCUT2D eigenvalue weighted by molar-refractivity contribution is 0.660. The smallest absolute Gasteiger partial charge is 0.0465 e. The van der Waals surface area contributed by atoms with Gasteiger partial charge in [-0.2, -0.15) is 0 Å². The molecule has 296 valence electrons. The average molecular weight is 778 g/mol. The van der Waals surface area contributed by atoms with Crippen molar-refractivity contribution in [3.05, 3.63) is 221 Å². The minimum Gasteiger partial charge on any atom is -0.310 e. The van der Waals surface area contributed by atoms with Crippen molar-refractivity contribution >= 4 is 28.2 Å². The van der Waals surface area contributed by atoms with Gasteiger partial charge in [0.15, 0.2) is 0 Å². The molecule has 0 unspecified atom stereocenters.